The number of guanidine groups is 1. The maximum atomic E-state index is 13.8. The summed E-state index contributed by atoms with van der Waals surface area (Å²) in [5, 5.41) is 11.0. The average Bonchev–Trinajstić information content (AvgIpc) is 3.09. The first kappa shape index (κ1) is 16.0. The van der Waals surface area contributed by atoms with Crippen molar-refractivity contribution in [1.29, 1.82) is 0 Å². The molecule has 1 fully saturated rings. The van der Waals surface area contributed by atoms with Crippen molar-refractivity contribution >= 4 is 17.3 Å². The number of aliphatic imine (C=N–C) groups is 1. The van der Waals surface area contributed by atoms with Crippen molar-refractivity contribution in [3.8, 4) is 0 Å². The molecule has 1 aliphatic carbocycles. The van der Waals surface area contributed by atoms with Crippen molar-refractivity contribution in [1.82, 2.24) is 10.6 Å². The second-order valence-corrected chi connectivity index (χ2v) is 6.81. The smallest absolute Gasteiger partial charge is 0.191 e. The van der Waals surface area contributed by atoms with Crippen LogP contribution in [0.5, 0.6) is 0 Å². The van der Waals surface area contributed by atoms with Crippen LogP contribution in [0.4, 0.5) is 4.39 Å². The van der Waals surface area contributed by atoms with Gasteiger partial charge in [0.2, 0.25) is 0 Å². The van der Waals surface area contributed by atoms with E-state index >= 15 is 0 Å². The van der Waals surface area contributed by atoms with Gasteiger partial charge >= 0.3 is 0 Å². The van der Waals surface area contributed by atoms with E-state index < -0.39 is 0 Å². The van der Waals surface area contributed by atoms with E-state index in [0.717, 1.165) is 24.5 Å². The molecule has 0 saturated heterocycles. The van der Waals surface area contributed by atoms with E-state index in [0.29, 0.717) is 5.92 Å². The Balaban J connectivity index is 1.50. The Morgan fingerprint density at radius 3 is 2.91 bits per heavy atom. The quantitative estimate of drug-likeness (QED) is 0.647. The molecule has 2 N–H and O–H groups in total. The van der Waals surface area contributed by atoms with Gasteiger partial charge in [-0.05, 0) is 46.4 Å². The molecule has 1 saturated carbocycles. The van der Waals surface area contributed by atoms with Gasteiger partial charge in [-0.25, -0.2) is 4.39 Å². The molecular formula is C18H22FN3S. The van der Waals surface area contributed by atoms with E-state index in [-0.39, 0.29) is 17.8 Å². The van der Waals surface area contributed by atoms with Crippen molar-refractivity contribution in [2.45, 2.75) is 31.2 Å². The number of nitrogens with zero attached hydrogens (tertiary/aromatic N) is 1. The second-order valence-electron chi connectivity index (χ2n) is 6.03. The summed E-state index contributed by atoms with van der Waals surface area (Å²) in [5.74, 6) is 1.34. The van der Waals surface area contributed by atoms with Crippen molar-refractivity contribution in [3.63, 3.8) is 0 Å². The normalized spacial score (nSPS) is 21.8. The van der Waals surface area contributed by atoms with E-state index in [2.05, 4.69) is 39.4 Å². The molecule has 122 valence electrons. The number of nitrogens with one attached hydrogen (secondary N) is 2. The van der Waals surface area contributed by atoms with Gasteiger partial charge in [0, 0.05) is 25.6 Å². The summed E-state index contributed by atoms with van der Waals surface area (Å²) in [6.45, 7) is 3.02. The SMILES string of the molecule is CN=C(NCC(C)c1ccsc1)NC1CC1c1ccccc1F. The predicted octanol–water partition coefficient (Wildman–Crippen LogP) is 3.71. The number of rotatable bonds is 5. The molecule has 0 aliphatic heterocycles. The molecule has 0 spiro atoms. The fraction of sp³-hybridized carbons (Fsp3) is 0.389. The lowest BCUT2D eigenvalue weighted by atomic mass is 10.1. The second kappa shape index (κ2) is 7.13. The van der Waals surface area contributed by atoms with Crippen LogP contribution in [0.1, 0.15) is 36.3 Å². The fourth-order valence-corrected chi connectivity index (χ4v) is 3.55. The van der Waals surface area contributed by atoms with Crippen molar-refractivity contribution in [2.24, 2.45) is 4.99 Å². The molecule has 3 nitrogen and oxygen atoms in total. The maximum absolute atomic E-state index is 13.8. The van der Waals surface area contributed by atoms with Crippen LogP contribution >= 0.6 is 11.3 Å². The molecule has 23 heavy (non-hydrogen) atoms. The Morgan fingerprint density at radius 2 is 2.22 bits per heavy atom. The molecule has 0 amide bonds. The molecule has 2 aromatic rings. The number of hydrogen-bond acceptors (Lipinski definition) is 2. The van der Waals surface area contributed by atoms with Crippen LogP contribution < -0.4 is 10.6 Å². The molecule has 3 atom stereocenters. The van der Waals surface area contributed by atoms with E-state index in [1.165, 1.54) is 11.6 Å². The van der Waals surface area contributed by atoms with E-state index in [1.54, 1.807) is 24.5 Å². The minimum Gasteiger partial charge on any atom is -0.356 e. The van der Waals surface area contributed by atoms with Gasteiger partial charge in [0.15, 0.2) is 5.96 Å². The van der Waals surface area contributed by atoms with E-state index in [9.17, 15) is 4.39 Å². The lowest BCUT2D eigenvalue weighted by Gasteiger charge is -2.15. The Labute approximate surface area is 140 Å². The first-order chi connectivity index (χ1) is 11.2. The first-order valence-corrected chi connectivity index (χ1v) is 8.87. The standard InChI is InChI=1S/C18H22FN3S/c1-12(13-7-8-23-11-13)10-21-18(20-2)22-17-9-15(17)14-5-3-4-6-16(14)19/h3-8,11-12,15,17H,9-10H2,1-2H3,(H2,20,21,22). The van der Waals surface area contributed by atoms with Crippen LogP contribution in [0.25, 0.3) is 0 Å². The van der Waals surface area contributed by atoms with Gasteiger partial charge in [-0.3, -0.25) is 4.99 Å². The van der Waals surface area contributed by atoms with Crippen molar-refractivity contribution < 1.29 is 4.39 Å². The van der Waals surface area contributed by atoms with Crippen LogP contribution in [0.2, 0.25) is 0 Å². The third-order valence-electron chi connectivity index (χ3n) is 4.33. The number of benzene rings is 1. The summed E-state index contributed by atoms with van der Waals surface area (Å²) in [5.41, 5.74) is 2.14. The highest BCUT2D eigenvalue weighted by Gasteiger charge is 2.40. The Bertz CT molecular complexity index is 669. The van der Waals surface area contributed by atoms with Gasteiger partial charge in [0.25, 0.3) is 0 Å². The average molecular weight is 331 g/mol. The highest BCUT2D eigenvalue weighted by atomic mass is 32.1. The molecule has 3 rings (SSSR count). The Morgan fingerprint density at radius 1 is 1.39 bits per heavy atom. The van der Waals surface area contributed by atoms with E-state index in [4.69, 9.17) is 0 Å². The minimum atomic E-state index is -0.115. The maximum Gasteiger partial charge on any atom is 0.191 e. The molecule has 1 aliphatic rings. The summed E-state index contributed by atoms with van der Waals surface area (Å²) in [7, 11) is 1.77. The lowest BCUT2D eigenvalue weighted by Crippen LogP contribution is -2.40. The van der Waals surface area contributed by atoms with Gasteiger partial charge in [-0.15, -0.1) is 0 Å². The molecule has 1 aromatic carbocycles. The fourth-order valence-electron chi connectivity index (χ4n) is 2.77. The van der Waals surface area contributed by atoms with Crippen LogP contribution in [0, 0.1) is 5.82 Å². The largest absolute Gasteiger partial charge is 0.356 e. The highest BCUT2D eigenvalue weighted by molar-refractivity contribution is 7.07. The topological polar surface area (TPSA) is 36.4 Å². The zero-order valence-corrected chi connectivity index (χ0v) is 14.2. The molecular weight excluding hydrogens is 309 g/mol. The van der Waals surface area contributed by atoms with Gasteiger partial charge in [0.1, 0.15) is 5.82 Å². The summed E-state index contributed by atoms with van der Waals surface area (Å²) in [6.07, 6.45) is 0.946. The predicted molar refractivity (Wildman–Crippen MR) is 94.8 cm³/mol. The summed E-state index contributed by atoms with van der Waals surface area (Å²) < 4.78 is 13.8. The van der Waals surface area contributed by atoms with Crippen molar-refractivity contribution in [3.05, 3.63) is 58.0 Å². The summed E-state index contributed by atoms with van der Waals surface area (Å²) in [4.78, 5) is 4.28. The van der Waals surface area contributed by atoms with Gasteiger partial charge < -0.3 is 10.6 Å². The summed E-state index contributed by atoms with van der Waals surface area (Å²) in [6, 6.07) is 9.44. The first-order valence-electron chi connectivity index (χ1n) is 7.92. The summed E-state index contributed by atoms with van der Waals surface area (Å²) >= 11 is 1.72. The molecule has 5 heteroatoms. The zero-order valence-electron chi connectivity index (χ0n) is 13.4. The van der Waals surface area contributed by atoms with E-state index in [1.807, 2.05) is 12.1 Å². The van der Waals surface area contributed by atoms with Gasteiger partial charge in [-0.2, -0.15) is 11.3 Å². The highest BCUT2D eigenvalue weighted by Crippen LogP contribution is 2.41. The molecule has 0 radical (unpaired) electrons. The van der Waals surface area contributed by atoms with Gasteiger partial charge in [-0.1, -0.05) is 25.1 Å². The third kappa shape index (κ3) is 3.91. The number of hydrogen-bond donors (Lipinski definition) is 2. The van der Waals surface area contributed by atoms with Crippen LogP contribution in [0.3, 0.4) is 0 Å². The van der Waals surface area contributed by atoms with Crippen LogP contribution in [-0.4, -0.2) is 25.6 Å². The van der Waals surface area contributed by atoms with Crippen molar-refractivity contribution in [2.75, 3.05) is 13.6 Å². The molecule has 1 aromatic heterocycles. The third-order valence-corrected chi connectivity index (χ3v) is 5.03. The van der Waals surface area contributed by atoms with Crippen LogP contribution in [-0.2, 0) is 0 Å². The Kier molecular flexibility index (Phi) is 4.96. The monoisotopic (exact) mass is 331 g/mol. The Hall–Kier alpha value is -1.88. The minimum absolute atomic E-state index is 0.115. The molecule has 1 heterocycles. The lowest BCUT2D eigenvalue weighted by molar-refractivity contribution is 0.607. The zero-order chi connectivity index (χ0) is 16.2. The van der Waals surface area contributed by atoms with Crippen LogP contribution in [0.15, 0.2) is 46.1 Å². The molecule has 3 unspecified atom stereocenters. The molecule has 0 bridgehead atoms. The number of halogens is 1. The number of thiophene rings is 1. The van der Waals surface area contributed by atoms with Gasteiger partial charge in [0.05, 0.1) is 0 Å².